The first kappa shape index (κ1) is 14.0. The van der Waals surface area contributed by atoms with Gasteiger partial charge >= 0.3 is 5.97 Å². The third-order valence-corrected chi connectivity index (χ3v) is 2.12. The van der Waals surface area contributed by atoms with Crippen LogP contribution in [0.15, 0.2) is 0 Å². The molecule has 0 aliphatic heterocycles. The Kier molecular flexibility index (Phi) is 6.85. The molecule has 0 saturated heterocycles. The molecule has 6 nitrogen and oxygen atoms in total. The van der Waals surface area contributed by atoms with E-state index in [1.54, 1.807) is 0 Å². The maximum absolute atomic E-state index is 11.5. The fourth-order valence-electron chi connectivity index (χ4n) is 1.18. The molecule has 7 N–H and O–H groups in total. The van der Waals surface area contributed by atoms with Gasteiger partial charge in [-0.25, -0.2) is 0 Å². The van der Waals surface area contributed by atoms with Crippen molar-refractivity contribution in [1.29, 1.82) is 0 Å². The molecule has 15 heavy (non-hydrogen) atoms. The van der Waals surface area contributed by atoms with Crippen LogP contribution in [0.1, 0.15) is 25.7 Å². The van der Waals surface area contributed by atoms with Gasteiger partial charge in [-0.15, -0.1) is 0 Å². The summed E-state index contributed by atoms with van der Waals surface area (Å²) in [6.45, 7) is 0.478. The first-order valence-corrected chi connectivity index (χ1v) is 4.95. The number of Topliss-reactive ketones (excluding diaryl/α,β-unsaturated/α-hetero) is 1. The monoisotopic (exact) mass is 217 g/mol. The first-order chi connectivity index (χ1) is 6.99. The average molecular weight is 217 g/mol. The number of rotatable bonds is 8. The summed E-state index contributed by atoms with van der Waals surface area (Å²) in [6.07, 6.45) is 1.18. The van der Waals surface area contributed by atoms with Gasteiger partial charge in [0.2, 0.25) is 0 Å². The standard InChI is InChI=1S/C9H19N3O3/c10-5-1-2-6(11)9(15)7(12)3-4-8(13)14/h6-7H,1-5,10-12H2,(H,13,14)/t6-,7?/m1/s1. The van der Waals surface area contributed by atoms with Crippen molar-refractivity contribution < 1.29 is 14.7 Å². The summed E-state index contributed by atoms with van der Waals surface area (Å²) in [5.74, 6) is -1.25. The lowest BCUT2D eigenvalue weighted by molar-refractivity contribution is -0.137. The van der Waals surface area contributed by atoms with E-state index in [1.807, 2.05) is 0 Å². The van der Waals surface area contributed by atoms with Gasteiger partial charge in [0.15, 0.2) is 5.78 Å². The molecule has 6 heteroatoms. The van der Waals surface area contributed by atoms with Crippen molar-refractivity contribution in [3.05, 3.63) is 0 Å². The second-order valence-corrected chi connectivity index (χ2v) is 3.48. The predicted octanol–water partition coefficient (Wildman–Crippen LogP) is -1.19. The normalized spacial score (nSPS) is 14.6. The highest BCUT2D eigenvalue weighted by molar-refractivity contribution is 5.88. The van der Waals surface area contributed by atoms with Gasteiger partial charge in [0.05, 0.1) is 12.1 Å². The number of carboxylic acid groups (broad SMARTS) is 1. The number of carbonyl (C=O) groups is 2. The molecule has 1 unspecified atom stereocenters. The van der Waals surface area contributed by atoms with E-state index in [2.05, 4.69) is 0 Å². The van der Waals surface area contributed by atoms with Crippen molar-refractivity contribution in [3.8, 4) is 0 Å². The summed E-state index contributed by atoms with van der Waals surface area (Å²) in [5, 5.41) is 8.41. The minimum Gasteiger partial charge on any atom is -0.481 e. The van der Waals surface area contributed by atoms with Gasteiger partial charge in [-0.1, -0.05) is 0 Å². The molecule has 0 spiro atoms. The number of hydrogen-bond donors (Lipinski definition) is 4. The summed E-state index contributed by atoms with van der Waals surface area (Å²) in [4.78, 5) is 21.7. The van der Waals surface area contributed by atoms with Gasteiger partial charge in [-0.3, -0.25) is 9.59 Å². The highest BCUT2D eigenvalue weighted by atomic mass is 16.4. The lowest BCUT2D eigenvalue weighted by atomic mass is 9.99. The van der Waals surface area contributed by atoms with Crippen LogP contribution >= 0.6 is 0 Å². The van der Waals surface area contributed by atoms with E-state index in [1.165, 1.54) is 0 Å². The average Bonchev–Trinajstić information content (AvgIpc) is 2.21. The van der Waals surface area contributed by atoms with Gasteiger partial charge in [0.1, 0.15) is 0 Å². The molecule has 0 amide bonds. The molecule has 88 valence electrons. The maximum atomic E-state index is 11.5. The fourth-order valence-corrected chi connectivity index (χ4v) is 1.18. The van der Waals surface area contributed by atoms with Crippen LogP contribution in [0.2, 0.25) is 0 Å². The topological polar surface area (TPSA) is 132 Å². The van der Waals surface area contributed by atoms with Crippen LogP contribution in [0.25, 0.3) is 0 Å². The van der Waals surface area contributed by atoms with E-state index < -0.39 is 18.1 Å². The smallest absolute Gasteiger partial charge is 0.303 e. The minimum atomic E-state index is -0.964. The van der Waals surface area contributed by atoms with E-state index in [0.717, 1.165) is 0 Å². The molecule has 0 rings (SSSR count). The van der Waals surface area contributed by atoms with Crippen molar-refractivity contribution in [2.24, 2.45) is 17.2 Å². The summed E-state index contributed by atoms with van der Waals surface area (Å²) in [6, 6.07) is -1.41. The van der Waals surface area contributed by atoms with Gasteiger partial charge in [-0.2, -0.15) is 0 Å². The molecule has 0 aliphatic carbocycles. The quantitative estimate of drug-likeness (QED) is 0.404. The lowest BCUT2D eigenvalue weighted by Crippen LogP contribution is -2.43. The molecule has 0 saturated carbocycles. The summed E-state index contributed by atoms with van der Waals surface area (Å²) in [5.41, 5.74) is 16.4. The second-order valence-electron chi connectivity index (χ2n) is 3.48. The Morgan fingerprint density at radius 1 is 1.13 bits per heavy atom. The van der Waals surface area contributed by atoms with Crippen LogP contribution in [0.4, 0.5) is 0 Å². The fraction of sp³-hybridized carbons (Fsp3) is 0.778. The molecule has 0 aromatic carbocycles. The lowest BCUT2D eigenvalue weighted by Gasteiger charge is -2.14. The highest BCUT2D eigenvalue weighted by Crippen LogP contribution is 2.02. The summed E-state index contributed by atoms with van der Waals surface area (Å²) >= 11 is 0. The van der Waals surface area contributed by atoms with Crippen molar-refractivity contribution in [2.75, 3.05) is 6.54 Å². The Balaban J connectivity index is 3.90. The Morgan fingerprint density at radius 2 is 1.67 bits per heavy atom. The number of carboxylic acids is 1. The Hall–Kier alpha value is -0.980. The zero-order valence-electron chi connectivity index (χ0n) is 8.69. The molecule has 2 atom stereocenters. The van der Waals surface area contributed by atoms with E-state index in [9.17, 15) is 9.59 Å². The van der Waals surface area contributed by atoms with Crippen molar-refractivity contribution >= 4 is 11.8 Å². The Labute approximate surface area is 88.8 Å². The molecule has 0 radical (unpaired) electrons. The molecular formula is C9H19N3O3. The van der Waals surface area contributed by atoms with Crippen LogP contribution in [0.3, 0.4) is 0 Å². The molecule has 0 aliphatic rings. The highest BCUT2D eigenvalue weighted by Gasteiger charge is 2.20. The first-order valence-electron chi connectivity index (χ1n) is 4.95. The molecule has 0 aromatic heterocycles. The van der Waals surface area contributed by atoms with Crippen LogP contribution in [0, 0.1) is 0 Å². The molecular weight excluding hydrogens is 198 g/mol. The Morgan fingerprint density at radius 3 is 2.13 bits per heavy atom. The zero-order chi connectivity index (χ0) is 11.8. The van der Waals surface area contributed by atoms with E-state index in [0.29, 0.717) is 19.4 Å². The number of nitrogens with two attached hydrogens (primary N) is 3. The van der Waals surface area contributed by atoms with Crippen molar-refractivity contribution in [3.63, 3.8) is 0 Å². The van der Waals surface area contributed by atoms with Gasteiger partial charge in [-0.05, 0) is 25.8 Å². The van der Waals surface area contributed by atoms with Gasteiger partial charge < -0.3 is 22.3 Å². The van der Waals surface area contributed by atoms with E-state index in [4.69, 9.17) is 22.3 Å². The molecule has 0 fully saturated rings. The second kappa shape index (κ2) is 7.33. The van der Waals surface area contributed by atoms with Crippen LogP contribution in [0.5, 0.6) is 0 Å². The number of aliphatic carboxylic acids is 1. The van der Waals surface area contributed by atoms with Gasteiger partial charge in [0, 0.05) is 6.42 Å². The molecule has 0 aromatic rings. The third-order valence-electron chi connectivity index (χ3n) is 2.12. The summed E-state index contributed by atoms with van der Waals surface area (Å²) in [7, 11) is 0. The van der Waals surface area contributed by atoms with Crippen molar-refractivity contribution in [1.82, 2.24) is 0 Å². The van der Waals surface area contributed by atoms with Crippen LogP contribution in [-0.4, -0.2) is 35.5 Å². The van der Waals surface area contributed by atoms with Crippen LogP contribution in [-0.2, 0) is 9.59 Å². The molecule has 0 bridgehead atoms. The van der Waals surface area contributed by atoms with Crippen LogP contribution < -0.4 is 17.2 Å². The van der Waals surface area contributed by atoms with E-state index >= 15 is 0 Å². The number of hydrogen-bond acceptors (Lipinski definition) is 5. The number of carbonyl (C=O) groups excluding carboxylic acids is 1. The summed E-state index contributed by atoms with van der Waals surface area (Å²) < 4.78 is 0. The SMILES string of the molecule is NCCC[C@@H](N)C(=O)C(N)CCC(=O)O. The van der Waals surface area contributed by atoms with E-state index in [-0.39, 0.29) is 18.6 Å². The third kappa shape index (κ3) is 6.16. The molecule has 0 heterocycles. The zero-order valence-corrected chi connectivity index (χ0v) is 8.69. The Bertz CT molecular complexity index is 221. The van der Waals surface area contributed by atoms with Gasteiger partial charge in [0.25, 0.3) is 0 Å². The minimum absolute atomic E-state index is 0.115. The predicted molar refractivity (Wildman–Crippen MR) is 56.1 cm³/mol. The maximum Gasteiger partial charge on any atom is 0.303 e. The largest absolute Gasteiger partial charge is 0.481 e. The van der Waals surface area contributed by atoms with Crippen molar-refractivity contribution in [2.45, 2.75) is 37.8 Å². The number of ketones is 1.